The second kappa shape index (κ2) is 4.93. The zero-order valence-electron chi connectivity index (χ0n) is 11.3. The Hall–Kier alpha value is -1.41. The molecule has 1 saturated heterocycles. The van der Waals surface area contributed by atoms with Crippen LogP contribution < -0.4 is 0 Å². The number of sulfonamides is 1. The molecule has 2 heterocycles. The van der Waals surface area contributed by atoms with E-state index >= 15 is 0 Å². The Morgan fingerprint density at radius 3 is 2.26 bits per heavy atom. The number of nitrogens with zero attached hydrogens (tertiary/aromatic N) is 4. The lowest BCUT2D eigenvalue weighted by Gasteiger charge is -2.26. The maximum atomic E-state index is 12.6. The van der Waals surface area contributed by atoms with E-state index in [9.17, 15) is 8.42 Å². The molecule has 106 valence electrons. The third-order valence-corrected chi connectivity index (χ3v) is 5.63. The molecule has 19 heavy (non-hydrogen) atoms. The fourth-order valence-corrected chi connectivity index (χ4v) is 4.18. The quantitative estimate of drug-likeness (QED) is 0.638. The van der Waals surface area contributed by atoms with Crippen molar-refractivity contribution in [3.05, 3.63) is 11.4 Å². The van der Waals surface area contributed by atoms with E-state index in [0.717, 1.165) is 0 Å². The molecule has 0 bridgehead atoms. The molecule has 1 aromatic rings. The molecule has 7 nitrogen and oxygen atoms in total. The molecule has 0 atom stereocenters. The van der Waals surface area contributed by atoms with Crippen LogP contribution in [0.1, 0.15) is 24.2 Å². The molecular formula is C11H18N4O3S. The lowest BCUT2D eigenvalue weighted by atomic mass is 10.1. The summed E-state index contributed by atoms with van der Waals surface area (Å²) in [6.45, 7) is 4.13. The van der Waals surface area contributed by atoms with Gasteiger partial charge >= 0.3 is 0 Å². The molecular weight excluding hydrogens is 268 g/mol. The van der Waals surface area contributed by atoms with Gasteiger partial charge in [-0.15, -0.1) is 0 Å². The zero-order chi connectivity index (χ0) is 14.2. The summed E-state index contributed by atoms with van der Waals surface area (Å²) in [5, 5.41) is 16.0. The lowest BCUT2D eigenvalue weighted by Crippen LogP contribution is -2.39. The highest BCUT2D eigenvalue weighted by molar-refractivity contribution is 7.89. The van der Waals surface area contributed by atoms with E-state index in [4.69, 9.17) is 5.21 Å². The molecule has 0 amide bonds. The standard InChI is InChI=1S/C11H18N4O3S/c1-8-11(9(2)14(3)12-8)19(17,18)15-6-4-10(13-16)5-7-15/h16H,4-7H2,1-3H3. The summed E-state index contributed by atoms with van der Waals surface area (Å²) < 4.78 is 28.2. The first-order valence-electron chi connectivity index (χ1n) is 6.08. The summed E-state index contributed by atoms with van der Waals surface area (Å²) in [4.78, 5) is 0.291. The third kappa shape index (κ3) is 2.37. The number of aromatic nitrogens is 2. The number of oxime groups is 1. The fourth-order valence-electron chi connectivity index (χ4n) is 2.34. The number of hydrogen-bond acceptors (Lipinski definition) is 5. The monoisotopic (exact) mass is 286 g/mol. The molecule has 0 aliphatic carbocycles. The predicted octanol–water partition coefficient (Wildman–Crippen LogP) is 0.652. The van der Waals surface area contributed by atoms with Crippen LogP contribution in [0.2, 0.25) is 0 Å². The molecule has 2 rings (SSSR count). The van der Waals surface area contributed by atoms with Crippen molar-refractivity contribution in [2.24, 2.45) is 12.2 Å². The highest BCUT2D eigenvalue weighted by Crippen LogP contribution is 2.25. The molecule has 1 aromatic heterocycles. The van der Waals surface area contributed by atoms with Gasteiger partial charge in [0.15, 0.2) is 0 Å². The minimum absolute atomic E-state index is 0.291. The van der Waals surface area contributed by atoms with Gasteiger partial charge in [0.05, 0.1) is 17.1 Å². The van der Waals surface area contributed by atoms with Crippen LogP contribution >= 0.6 is 0 Å². The van der Waals surface area contributed by atoms with Crippen molar-refractivity contribution in [3.63, 3.8) is 0 Å². The van der Waals surface area contributed by atoms with Crippen molar-refractivity contribution < 1.29 is 13.6 Å². The van der Waals surface area contributed by atoms with Gasteiger partial charge in [-0.1, -0.05) is 5.16 Å². The first-order valence-corrected chi connectivity index (χ1v) is 7.52. The summed E-state index contributed by atoms with van der Waals surface area (Å²) in [6, 6.07) is 0. The first-order chi connectivity index (χ1) is 8.87. The molecule has 1 N–H and O–H groups in total. The number of piperidine rings is 1. The number of hydrogen-bond donors (Lipinski definition) is 1. The normalized spacial score (nSPS) is 17.7. The molecule has 1 fully saturated rings. The summed E-state index contributed by atoms with van der Waals surface area (Å²) in [5.41, 5.74) is 1.80. The van der Waals surface area contributed by atoms with E-state index in [1.165, 1.54) is 4.31 Å². The van der Waals surface area contributed by atoms with Crippen LogP contribution in [-0.4, -0.2) is 46.5 Å². The van der Waals surface area contributed by atoms with Gasteiger partial charge in [0.1, 0.15) is 4.90 Å². The third-order valence-electron chi connectivity index (χ3n) is 3.48. The fraction of sp³-hybridized carbons (Fsp3) is 0.636. The molecule has 0 unspecified atom stereocenters. The first kappa shape index (κ1) is 14.0. The van der Waals surface area contributed by atoms with E-state index in [1.54, 1.807) is 25.6 Å². The lowest BCUT2D eigenvalue weighted by molar-refractivity contribution is 0.309. The van der Waals surface area contributed by atoms with Crippen molar-refractivity contribution in [1.82, 2.24) is 14.1 Å². The average Bonchev–Trinajstić information content (AvgIpc) is 2.63. The Bertz CT molecular complexity index is 608. The van der Waals surface area contributed by atoms with E-state index in [-0.39, 0.29) is 0 Å². The minimum atomic E-state index is -3.52. The smallest absolute Gasteiger partial charge is 0.246 e. The van der Waals surface area contributed by atoms with Gasteiger partial charge < -0.3 is 5.21 Å². The summed E-state index contributed by atoms with van der Waals surface area (Å²) in [5.74, 6) is 0. The van der Waals surface area contributed by atoms with Crippen LogP contribution in [0.15, 0.2) is 10.1 Å². The summed E-state index contributed by atoms with van der Waals surface area (Å²) in [6.07, 6.45) is 0.933. The second-order valence-electron chi connectivity index (χ2n) is 4.69. The van der Waals surface area contributed by atoms with Gasteiger partial charge in [-0.05, 0) is 13.8 Å². The van der Waals surface area contributed by atoms with Gasteiger partial charge in [0.25, 0.3) is 0 Å². The van der Waals surface area contributed by atoms with E-state index < -0.39 is 10.0 Å². The summed E-state index contributed by atoms with van der Waals surface area (Å²) in [7, 11) is -1.79. The number of rotatable bonds is 2. The molecule has 0 saturated carbocycles. The van der Waals surface area contributed by atoms with E-state index in [2.05, 4.69) is 10.3 Å². The second-order valence-corrected chi connectivity index (χ2v) is 6.57. The van der Waals surface area contributed by atoms with Crippen molar-refractivity contribution >= 4 is 15.7 Å². The number of aryl methyl sites for hydroxylation is 2. The SMILES string of the molecule is Cc1nn(C)c(C)c1S(=O)(=O)N1CCC(=NO)CC1. The maximum Gasteiger partial charge on any atom is 0.246 e. The van der Waals surface area contributed by atoms with Gasteiger partial charge in [-0.3, -0.25) is 4.68 Å². The van der Waals surface area contributed by atoms with Crippen molar-refractivity contribution in [2.45, 2.75) is 31.6 Å². The van der Waals surface area contributed by atoms with Gasteiger partial charge in [0, 0.05) is 33.0 Å². The van der Waals surface area contributed by atoms with Crippen LogP contribution in [0.4, 0.5) is 0 Å². The van der Waals surface area contributed by atoms with Crippen LogP contribution in [0.3, 0.4) is 0 Å². The Morgan fingerprint density at radius 1 is 1.26 bits per heavy atom. The molecule has 8 heteroatoms. The Balaban J connectivity index is 2.34. The van der Waals surface area contributed by atoms with Crippen LogP contribution in [0.25, 0.3) is 0 Å². The predicted molar refractivity (Wildman–Crippen MR) is 69.9 cm³/mol. The zero-order valence-corrected chi connectivity index (χ0v) is 12.1. The van der Waals surface area contributed by atoms with Gasteiger partial charge in [0.2, 0.25) is 10.0 Å². The molecule has 0 aromatic carbocycles. The Labute approximate surface area is 112 Å². The van der Waals surface area contributed by atoms with Gasteiger partial charge in [-0.2, -0.15) is 9.40 Å². The van der Waals surface area contributed by atoms with E-state index in [1.807, 2.05) is 0 Å². The Kier molecular flexibility index (Phi) is 3.64. The average molecular weight is 286 g/mol. The summed E-state index contributed by atoms with van der Waals surface area (Å²) >= 11 is 0. The van der Waals surface area contributed by atoms with Gasteiger partial charge in [-0.25, -0.2) is 8.42 Å². The minimum Gasteiger partial charge on any atom is -0.411 e. The molecule has 1 aliphatic heterocycles. The molecule has 1 aliphatic rings. The molecule has 0 radical (unpaired) electrons. The van der Waals surface area contributed by atoms with Crippen LogP contribution in [0.5, 0.6) is 0 Å². The van der Waals surface area contributed by atoms with Crippen molar-refractivity contribution in [1.29, 1.82) is 0 Å². The maximum absolute atomic E-state index is 12.6. The van der Waals surface area contributed by atoms with Crippen molar-refractivity contribution in [2.75, 3.05) is 13.1 Å². The topological polar surface area (TPSA) is 87.8 Å². The van der Waals surface area contributed by atoms with Crippen LogP contribution in [0, 0.1) is 13.8 Å². The van der Waals surface area contributed by atoms with E-state index in [0.29, 0.717) is 47.9 Å². The Morgan fingerprint density at radius 2 is 1.84 bits per heavy atom. The highest BCUT2D eigenvalue weighted by Gasteiger charge is 2.32. The van der Waals surface area contributed by atoms with Crippen molar-refractivity contribution in [3.8, 4) is 0 Å². The highest BCUT2D eigenvalue weighted by atomic mass is 32.2. The molecule has 0 spiro atoms. The van der Waals surface area contributed by atoms with Crippen LogP contribution in [-0.2, 0) is 17.1 Å². The largest absolute Gasteiger partial charge is 0.411 e.